The van der Waals surface area contributed by atoms with E-state index in [1.54, 1.807) is 54.6 Å². The van der Waals surface area contributed by atoms with Crippen LogP contribution in [0.3, 0.4) is 0 Å². The SMILES string of the molecule is O=C(/C=C/c1ccc(-c2ccc(C(F)(F)F)cn2)cc1)c1ccccc1Cl. The van der Waals surface area contributed by atoms with Crippen molar-refractivity contribution in [3.8, 4) is 11.3 Å². The number of rotatable bonds is 4. The first-order valence-electron chi connectivity index (χ1n) is 7.95. The molecule has 0 bridgehead atoms. The minimum absolute atomic E-state index is 0.214. The molecule has 0 atom stereocenters. The maximum absolute atomic E-state index is 12.6. The van der Waals surface area contributed by atoms with E-state index in [1.807, 2.05) is 0 Å². The van der Waals surface area contributed by atoms with Crippen LogP contribution >= 0.6 is 11.6 Å². The highest BCUT2D eigenvalue weighted by Crippen LogP contribution is 2.29. The minimum atomic E-state index is -4.41. The van der Waals surface area contributed by atoms with E-state index < -0.39 is 11.7 Å². The summed E-state index contributed by atoms with van der Waals surface area (Å²) < 4.78 is 37.8. The topological polar surface area (TPSA) is 30.0 Å². The summed E-state index contributed by atoms with van der Waals surface area (Å²) in [7, 11) is 0. The van der Waals surface area contributed by atoms with E-state index in [-0.39, 0.29) is 5.78 Å². The first-order chi connectivity index (χ1) is 12.8. The predicted octanol–water partition coefficient (Wildman–Crippen LogP) is 6.32. The summed E-state index contributed by atoms with van der Waals surface area (Å²) >= 11 is 6.00. The monoisotopic (exact) mass is 387 g/mol. The Bertz CT molecular complexity index is 978. The third-order valence-electron chi connectivity index (χ3n) is 3.86. The van der Waals surface area contributed by atoms with Gasteiger partial charge in [0.25, 0.3) is 0 Å². The summed E-state index contributed by atoms with van der Waals surface area (Å²) in [6, 6.07) is 16.1. The molecule has 3 rings (SSSR count). The molecule has 0 amide bonds. The summed E-state index contributed by atoms with van der Waals surface area (Å²) in [6.07, 6.45) is -0.526. The Balaban J connectivity index is 1.74. The number of hydrogen-bond donors (Lipinski definition) is 0. The van der Waals surface area contributed by atoms with Crippen molar-refractivity contribution in [2.75, 3.05) is 0 Å². The van der Waals surface area contributed by atoms with Crippen LogP contribution in [0, 0.1) is 0 Å². The van der Waals surface area contributed by atoms with Crippen molar-refractivity contribution < 1.29 is 18.0 Å². The molecule has 0 aliphatic carbocycles. The summed E-state index contributed by atoms with van der Waals surface area (Å²) in [5.74, 6) is -0.214. The molecule has 136 valence electrons. The van der Waals surface area contributed by atoms with Crippen molar-refractivity contribution in [3.05, 3.63) is 94.6 Å². The van der Waals surface area contributed by atoms with Crippen molar-refractivity contribution in [2.45, 2.75) is 6.18 Å². The smallest absolute Gasteiger partial charge is 0.289 e. The van der Waals surface area contributed by atoms with E-state index in [1.165, 1.54) is 12.1 Å². The standard InChI is InChI=1S/C21H13ClF3NO/c22-18-4-2-1-3-17(18)20(27)12-7-14-5-8-15(9-6-14)19-11-10-16(13-26-19)21(23,24)25/h1-13H/b12-7+. The maximum atomic E-state index is 12.6. The van der Waals surface area contributed by atoms with E-state index in [4.69, 9.17) is 11.6 Å². The Kier molecular flexibility index (Phi) is 5.42. The van der Waals surface area contributed by atoms with Crippen LogP contribution in [0.15, 0.2) is 72.9 Å². The van der Waals surface area contributed by atoms with Gasteiger partial charge in [-0.1, -0.05) is 54.1 Å². The van der Waals surface area contributed by atoms with E-state index in [2.05, 4.69) is 4.98 Å². The lowest BCUT2D eigenvalue weighted by atomic mass is 10.1. The van der Waals surface area contributed by atoms with Gasteiger partial charge < -0.3 is 0 Å². The molecule has 0 saturated heterocycles. The molecule has 3 aromatic rings. The number of ketones is 1. The number of alkyl halides is 3. The number of carbonyl (C=O) groups excluding carboxylic acids is 1. The molecule has 0 spiro atoms. The zero-order valence-electron chi connectivity index (χ0n) is 13.9. The highest BCUT2D eigenvalue weighted by Gasteiger charge is 2.30. The number of aromatic nitrogens is 1. The Morgan fingerprint density at radius 3 is 2.26 bits per heavy atom. The molecule has 0 radical (unpaired) electrons. The summed E-state index contributed by atoms with van der Waals surface area (Å²) in [5.41, 5.74) is 1.51. The van der Waals surface area contributed by atoms with E-state index in [9.17, 15) is 18.0 Å². The van der Waals surface area contributed by atoms with Gasteiger partial charge in [-0.25, -0.2) is 0 Å². The molecule has 2 aromatic carbocycles. The fourth-order valence-electron chi connectivity index (χ4n) is 2.42. The quantitative estimate of drug-likeness (QED) is 0.387. The minimum Gasteiger partial charge on any atom is -0.289 e. The van der Waals surface area contributed by atoms with Crippen LogP contribution in [0.4, 0.5) is 13.2 Å². The van der Waals surface area contributed by atoms with Gasteiger partial charge in [0.05, 0.1) is 16.3 Å². The van der Waals surface area contributed by atoms with Gasteiger partial charge in [-0.05, 0) is 35.9 Å². The number of benzene rings is 2. The third-order valence-corrected chi connectivity index (χ3v) is 4.19. The van der Waals surface area contributed by atoms with E-state index >= 15 is 0 Å². The Morgan fingerprint density at radius 2 is 1.67 bits per heavy atom. The average molecular weight is 388 g/mol. The molecule has 27 heavy (non-hydrogen) atoms. The highest BCUT2D eigenvalue weighted by atomic mass is 35.5. The molecule has 0 aliphatic rings. The normalized spacial score (nSPS) is 11.7. The van der Waals surface area contributed by atoms with Gasteiger partial charge in [0.1, 0.15) is 0 Å². The van der Waals surface area contributed by atoms with Gasteiger partial charge in [-0.15, -0.1) is 0 Å². The molecule has 0 unspecified atom stereocenters. The van der Waals surface area contributed by atoms with Crippen LogP contribution in [0.1, 0.15) is 21.5 Å². The fraction of sp³-hybridized carbons (Fsp3) is 0.0476. The number of nitrogens with zero attached hydrogens (tertiary/aromatic N) is 1. The van der Waals surface area contributed by atoms with Crippen molar-refractivity contribution >= 4 is 23.5 Å². The van der Waals surface area contributed by atoms with Gasteiger partial charge in [0.15, 0.2) is 5.78 Å². The van der Waals surface area contributed by atoms with Crippen molar-refractivity contribution in [2.24, 2.45) is 0 Å². The lowest BCUT2D eigenvalue weighted by Gasteiger charge is -2.07. The van der Waals surface area contributed by atoms with Gasteiger partial charge in [0.2, 0.25) is 0 Å². The molecule has 0 N–H and O–H groups in total. The van der Waals surface area contributed by atoms with Crippen LogP contribution in [0.5, 0.6) is 0 Å². The summed E-state index contributed by atoms with van der Waals surface area (Å²) in [4.78, 5) is 16.0. The molecule has 0 fully saturated rings. The van der Waals surface area contributed by atoms with E-state index in [0.29, 0.717) is 21.8 Å². The largest absolute Gasteiger partial charge is 0.417 e. The highest BCUT2D eigenvalue weighted by molar-refractivity contribution is 6.34. The second kappa shape index (κ2) is 7.76. The van der Waals surface area contributed by atoms with Crippen LogP contribution in [0.25, 0.3) is 17.3 Å². The number of carbonyl (C=O) groups is 1. The van der Waals surface area contributed by atoms with Crippen molar-refractivity contribution in [1.29, 1.82) is 0 Å². The second-order valence-electron chi connectivity index (χ2n) is 5.73. The first kappa shape index (κ1) is 18.9. The average Bonchev–Trinajstić information content (AvgIpc) is 2.66. The van der Waals surface area contributed by atoms with Crippen molar-refractivity contribution in [1.82, 2.24) is 4.98 Å². The third kappa shape index (κ3) is 4.63. The van der Waals surface area contributed by atoms with Crippen LogP contribution in [-0.4, -0.2) is 10.8 Å². The maximum Gasteiger partial charge on any atom is 0.417 e. The van der Waals surface area contributed by atoms with Crippen molar-refractivity contribution in [3.63, 3.8) is 0 Å². The lowest BCUT2D eigenvalue weighted by Crippen LogP contribution is -2.05. The zero-order chi connectivity index (χ0) is 19.4. The lowest BCUT2D eigenvalue weighted by molar-refractivity contribution is -0.137. The predicted molar refractivity (Wildman–Crippen MR) is 99.5 cm³/mol. The van der Waals surface area contributed by atoms with Crippen LogP contribution < -0.4 is 0 Å². The molecule has 6 heteroatoms. The Morgan fingerprint density at radius 1 is 0.963 bits per heavy atom. The summed E-state index contributed by atoms with van der Waals surface area (Å²) in [6.45, 7) is 0. The van der Waals surface area contributed by atoms with Gasteiger partial charge >= 0.3 is 6.18 Å². The zero-order valence-corrected chi connectivity index (χ0v) is 14.6. The Labute approximate surface area is 158 Å². The first-order valence-corrected chi connectivity index (χ1v) is 8.33. The fourth-order valence-corrected chi connectivity index (χ4v) is 2.65. The summed E-state index contributed by atoms with van der Waals surface area (Å²) in [5, 5.41) is 0.385. The number of pyridine rings is 1. The second-order valence-corrected chi connectivity index (χ2v) is 6.14. The molecule has 0 saturated carbocycles. The number of allylic oxidation sites excluding steroid dienone is 1. The van der Waals surface area contributed by atoms with Crippen LogP contribution in [-0.2, 0) is 6.18 Å². The molecular weight excluding hydrogens is 375 g/mol. The molecule has 1 aromatic heterocycles. The van der Waals surface area contributed by atoms with Crippen LogP contribution in [0.2, 0.25) is 5.02 Å². The molecular formula is C21H13ClF3NO. The number of hydrogen-bond acceptors (Lipinski definition) is 2. The van der Waals surface area contributed by atoms with Gasteiger partial charge in [-0.2, -0.15) is 13.2 Å². The molecule has 2 nitrogen and oxygen atoms in total. The van der Waals surface area contributed by atoms with Gasteiger partial charge in [0, 0.05) is 17.3 Å². The Hall–Kier alpha value is -2.92. The van der Waals surface area contributed by atoms with Gasteiger partial charge in [-0.3, -0.25) is 9.78 Å². The molecule has 1 heterocycles. The molecule has 0 aliphatic heterocycles. The number of halogens is 4. The van der Waals surface area contributed by atoms with E-state index in [0.717, 1.165) is 17.8 Å².